The van der Waals surface area contributed by atoms with E-state index in [4.69, 9.17) is 14.2 Å². The Hall–Kier alpha value is -4.53. The minimum absolute atomic E-state index is 0.00170. The van der Waals surface area contributed by atoms with E-state index in [1.807, 2.05) is 0 Å². The molecule has 0 aliphatic rings. The average Bonchev–Trinajstić information content (AvgIpc) is 3.26. The molecule has 0 N–H and O–H groups in total. The maximum atomic E-state index is 12.8. The van der Waals surface area contributed by atoms with Crippen molar-refractivity contribution in [3.8, 4) is 0 Å². The van der Waals surface area contributed by atoms with Crippen LogP contribution >= 0.6 is 0 Å². The molecular formula is C56H87NO7. The number of hydrogen-bond acceptors (Lipinski definition) is 7. The number of allylic oxidation sites excluding steroid dienone is 22. The number of hydrogen-bond donors (Lipinski definition) is 0. The maximum Gasteiger partial charge on any atom is 0.306 e. The first-order valence-electron chi connectivity index (χ1n) is 24.2. The summed E-state index contributed by atoms with van der Waals surface area (Å²) < 4.78 is 17.1. The summed E-state index contributed by atoms with van der Waals surface area (Å²) in [7, 11) is 5.37. The summed E-state index contributed by atoms with van der Waals surface area (Å²) in [6.07, 6.45) is 64.8. The summed E-state index contributed by atoms with van der Waals surface area (Å²) in [6, 6.07) is -0.749. The Morgan fingerprint density at radius 1 is 0.469 bits per heavy atom. The number of ether oxygens (including phenoxy) is 3. The van der Waals surface area contributed by atoms with Crippen molar-refractivity contribution < 1.29 is 38.2 Å². The molecule has 8 nitrogen and oxygen atoms in total. The Labute approximate surface area is 390 Å². The molecule has 358 valence electrons. The SMILES string of the molecule is CC/C=C/C/C=C/C/C=C/C/C=C/C/C=C/C/C=C/CCCC(=O)OCC(COCCC(C(=O)[O-])[N+](C)(C)C)OC(=O)CCCCCC/C=C/C/C=C/C/C=C/C/C=C/C/C=C/CC. The fourth-order valence-electron chi connectivity index (χ4n) is 6.11. The highest BCUT2D eigenvalue weighted by Gasteiger charge is 2.25. The highest BCUT2D eigenvalue weighted by atomic mass is 16.6. The molecule has 8 heteroatoms. The van der Waals surface area contributed by atoms with E-state index in [1.54, 1.807) is 21.1 Å². The van der Waals surface area contributed by atoms with Gasteiger partial charge in [0.05, 0.1) is 40.3 Å². The van der Waals surface area contributed by atoms with E-state index in [0.717, 1.165) is 103 Å². The smallest absolute Gasteiger partial charge is 0.306 e. The van der Waals surface area contributed by atoms with Gasteiger partial charge in [-0.1, -0.05) is 160 Å². The van der Waals surface area contributed by atoms with Crippen molar-refractivity contribution in [3.05, 3.63) is 134 Å². The number of rotatable bonds is 41. The lowest BCUT2D eigenvalue weighted by molar-refractivity contribution is -0.889. The molecular weight excluding hydrogens is 799 g/mol. The third-order valence-corrected chi connectivity index (χ3v) is 9.78. The van der Waals surface area contributed by atoms with Gasteiger partial charge in [-0.15, -0.1) is 0 Å². The molecule has 0 heterocycles. The Morgan fingerprint density at radius 2 is 0.844 bits per heavy atom. The number of carbonyl (C=O) groups is 3. The van der Waals surface area contributed by atoms with Crippen molar-refractivity contribution in [1.82, 2.24) is 0 Å². The molecule has 0 fully saturated rings. The molecule has 0 saturated carbocycles. The lowest BCUT2D eigenvalue weighted by atomic mass is 10.1. The number of carboxylic acids is 1. The number of carbonyl (C=O) groups excluding carboxylic acids is 3. The first kappa shape index (κ1) is 59.5. The van der Waals surface area contributed by atoms with Crippen LogP contribution in [0.15, 0.2) is 134 Å². The number of carboxylic acid groups (broad SMARTS) is 1. The van der Waals surface area contributed by atoms with Crippen molar-refractivity contribution in [2.45, 2.75) is 161 Å². The lowest BCUT2D eigenvalue weighted by Gasteiger charge is -2.34. The minimum Gasteiger partial charge on any atom is -0.544 e. The van der Waals surface area contributed by atoms with Crippen molar-refractivity contribution >= 4 is 17.9 Å². The van der Waals surface area contributed by atoms with Gasteiger partial charge in [0.1, 0.15) is 12.6 Å². The molecule has 0 amide bonds. The van der Waals surface area contributed by atoms with Gasteiger partial charge in [-0.3, -0.25) is 9.59 Å². The monoisotopic (exact) mass is 886 g/mol. The van der Waals surface area contributed by atoms with E-state index < -0.39 is 18.1 Å². The Morgan fingerprint density at radius 3 is 1.25 bits per heavy atom. The van der Waals surface area contributed by atoms with E-state index in [9.17, 15) is 19.5 Å². The van der Waals surface area contributed by atoms with Crippen LogP contribution in [0.5, 0.6) is 0 Å². The van der Waals surface area contributed by atoms with Crippen LogP contribution in [0.1, 0.15) is 149 Å². The van der Waals surface area contributed by atoms with Crippen LogP contribution in [0.2, 0.25) is 0 Å². The van der Waals surface area contributed by atoms with Gasteiger partial charge in [0.2, 0.25) is 0 Å². The number of esters is 2. The molecule has 0 spiro atoms. The van der Waals surface area contributed by atoms with E-state index >= 15 is 0 Å². The Bertz CT molecular complexity index is 1500. The van der Waals surface area contributed by atoms with Gasteiger partial charge in [-0.25, -0.2) is 0 Å². The molecule has 2 unspecified atom stereocenters. The Balaban J connectivity index is 4.48. The van der Waals surface area contributed by atoms with Crippen LogP contribution in [-0.4, -0.2) is 75.5 Å². The minimum atomic E-state index is -1.14. The lowest BCUT2D eigenvalue weighted by Crippen LogP contribution is -2.55. The van der Waals surface area contributed by atoms with Crippen molar-refractivity contribution in [2.24, 2.45) is 0 Å². The molecule has 0 radical (unpaired) electrons. The van der Waals surface area contributed by atoms with Crippen LogP contribution in [0.4, 0.5) is 0 Å². The predicted molar refractivity (Wildman–Crippen MR) is 267 cm³/mol. The second-order valence-corrected chi connectivity index (χ2v) is 16.6. The fraction of sp³-hybridized carbons (Fsp3) is 0.554. The zero-order valence-corrected chi connectivity index (χ0v) is 40.6. The van der Waals surface area contributed by atoms with E-state index in [-0.39, 0.29) is 55.5 Å². The third-order valence-electron chi connectivity index (χ3n) is 9.78. The zero-order chi connectivity index (χ0) is 47.0. The number of quaternary nitrogens is 1. The molecule has 0 saturated heterocycles. The molecule has 0 aromatic heterocycles. The Kier molecular flexibility index (Phi) is 41.9. The van der Waals surface area contributed by atoms with Gasteiger partial charge in [0.15, 0.2) is 6.10 Å². The number of likely N-dealkylation sites (N-methyl/N-ethyl adjacent to an activating group) is 1. The van der Waals surface area contributed by atoms with Crippen LogP contribution in [0.3, 0.4) is 0 Å². The van der Waals surface area contributed by atoms with E-state index in [1.165, 1.54) is 0 Å². The van der Waals surface area contributed by atoms with Crippen molar-refractivity contribution in [3.63, 3.8) is 0 Å². The zero-order valence-electron chi connectivity index (χ0n) is 40.6. The molecule has 0 rings (SSSR count). The van der Waals surface area contributed by atoms with Crippen LogP contribution < -0.4 is 5.11 Å². The fourth-order valence-corrected chi connectivity index (χ4v) is 6.11. The average molecular weight is 886 g/mol. The van der Waals surface area contributed by atoms with E-state index in [2.05, 4.69) is 148 Å². The third kappa shape index (κ3) is 42.8. The first-order chi connectivity index (χ1) is 31.1. The van der Waals surface area contributed by atoms with Gasteiger partial charge in [0, 0.05) is 19.3 Å². The summed E-state index contributed by atoms with van der Waals surface area (Å²) >= 11 is 0. The standard InChI is InChI=1S/C56H87NO7/c1-6-8-10-12-14-16-18-20-22-24-26-28-30-32-34-36-38-40-42-44-46-54(58)63-51-52(50-62-49-48-53(56(60)61)57(3,4)5)64-55(59)47-45-43-41-39-37-35-33-31-29-27-25-23-21-19-17-15-13-11-9-7-2/h8-11,14-17,20-23,26-29,32-35,38,40,52-53H,6-7,12-13,18-19,24-25,30-31,36-37,39,41-51H2,1-5H3/b10-8+,11-9+,16-14+,17-15+,22-20+,23-21+,28-26+,29-27+,34-32+,35-33+,40-38+. The van der Waals surface area contributed by atoms with Crippen molar-refractivity contribution in [1.29, 1.82) is 0 Å². The molecule has 0 aliphatic heterocycles. The molecule has 2 atom stereocenters. The molecule has 64 heavy (non-hydrogen) atoms. The second kappa shape index (κ2) is 45.1. The number of unbranched alkanes of at least 4 members (excludes halogenated alkanes) is 5. The summed E-state index contributed by atoms with van der Waals surface area (Å²) in [5, 5.41) is 11.7. The van der Waals surface area contributed by atoms with Crippen molar-refractivity contribution in [2.75, 3.05) is 41.0 Å². The highest BCUT2D eigenvalue weighted by molar-refractivity contribution is 5.70. The summed E-state index contributed by atoms with van der Waals surface area (Å²) in [4.78, 5) is 37.0. The predicted octanol–water partition coefficient (Wildman–Crippen LogP) is 12.6. The van der Waals surface area contributed by atoms with Gasteiger partial charge in [0.25, 0.3) is 0 Å². The normalized spacial score (nSPS) is 14.1. The summed E-state index contributed by atoms with van der Waals surface area (Å²) in [5.74, 6) is -1.86. The second-order valence-electron chi connectivity index (χ2n) is 16.6. The van der Waals surface area contributed by atoms with Crippen LogP contribution in [-0.2, 0) is 28.6 Å². The van der Waals surface area contributed by atoms with Crippen LogP contribution in [0, 0.1) is 0 Å². The quantitative estimate of drug-likeness (QED) is 0.0261. The summed E-state index contributed by atoms with van der Waals surface area (Å²) in [6.45, 7) is 4.32. The number of aliphatic carboxylic acids is 1. The first-order valence-corrected chi connectivity index (χ1v) is 24.2. The highest BCUT2D eigenvalue weighted by Crippen LogP contribution is 2.11. The molecule has 0 aromatic rings. The number of nitrogens with zero attached hydrogens (tertiary/aromatic N) is 1. The van der Waals surface area contributed by atoms with E-state index in [0.29, 0.717) is 12.8 Å². The summed E-state index contributed by atoms with van der Waals surface area (Å²) in [5.41, 5.74) is 0. The van der Waals surface area contributed by atoms with Gasteiger partial charge in [-0.05, 0) is 103 Å². The van der Waals surface area contributed by atoms with Gasteiger partial charge >= 0.3 is 11.9 Å². The molecule has 0 bridgehead atoms. The largest absolute Gasteiger partial charge is 0.544 e. The molecule has 0 aliphatic carbocycles. The van der Waals surface area contributed by atoms with Gasteiger partial charge < -0.3 is 28.6 Å². The van der Waals surface area contributed by atoms with Gasteiger partial charge in [-0.2, -0.15) is 0 Å². The molecule has 0 aromatic carbocycles. The maximum absolute atomic E-state index is 12.8. The van der Waals surface area contributed by atoms with Crippen LogP contribution in [0.25, 0.3) is 0 Å². The topological polar surface area (TPSA) is 102 Å².